The van der Waals surface area contributed by atoms with Crippen molar-refractivity contribution in [1.82, 2.24) is 4.90 Å². The fraction of sp³-hybridized carbons (Fsp3) is 0.389. The Labute approximate surface area is 130 Å². The summed E-state index contributed by atoms with van der Waals surface area (Å²) in [5.41, 5.74) is 7.33. The number of anilines is 1. The molecule has 0 unspecified atom stereocenters. The molecular formula is C18H22N2O2. The van der Waals surface area contributed by atoms with E-state index in [9.17, 15) is 4.79 Å². The van der Waals surface area contributed by atoms with E-state index in [0.29, 0.717) is 29.0 Å². The monoisotopic (exact) mass is 298 g/mol. The van der Waals surface area contributed by atoms with Crippen molar-refractivity contribution in [1.29, 1.82) is 0 Å². The summed E-state index contributed by atoms with van der Waals surface area (Å²) < 4.78 is 5.76. The number of furan rings is 1. The Balaban J connectivity index is 1.78. The first-order chi connectivity index (χ1) is 10.5. The molecule has 0 saturated carbocycles. The van der Waals surface area contributed by atoms with Crippen LogP contribution in [0.5, 0.6) is 0 Å². The first-order valence-electron chi connectivity index (χ1n) is 7.78. The van der Waals surface area contributed by atoms with Gasteiger partial charge in [-0.3, -0.25) is 4.79 Å². The molecule has 0 bridgehead atoms. The first-order valence-corrected chi connectivity index (χ1v) is 7.78. The van der Waals surface area contributed by atoms with Gasteiger partial charge in [-0.2, -0.15) is 0 Å². The molecule has 1 aliphatic rings. The SMILES string of the molecule is C[C@H]1C[C@H](C)CN(C(=O)c2ccc(-c3ccc(N)cc3)o2)C1. The van der Waals surface area contributed by atoms with Crippen LogP contribution in [0.2, 0.25) is 0 Å². The van der Waals surface area contributed by atoms with Gasteiger partial charge in [0.2, 0.25) is 0 Å². The number of rotatable bonds is 2. The number of hydrogen-bond acceptors (Lipinski definition) is 3. The van der Waals surface area contributed by atoms with Crippen LogP contribution in [-0.2, 0) is 0 Å². The molecule has 1 aromatic heterocycles. The smallest absolute Gasteiger partial charge is 0.289 e. The molecular weight excluding hydrogens is 276 g/mol. The number of carbonyl (C=O) groups excluding carboxylic acids is 1. The van der Waals surface area contributed by atoms with Gasteiger partial charge in [0, 0.05) is 24.3 Å². The second-order valence-corrected chi connectivity index (χ2v) is 6.44. The number of amides is 1. The highest BCUT2D eigenvalue weighted by molar-refractivity contribution is 5.92. The van der Waals surface area contributed by atoms with Gasteiger partial charge in [-0.05, 0) is 54.7 Å². The number of nitrogens with two attached hydrogens (primary N) is 1. The van der Waals surface area contributed by atoms with Crippen LogP contribution in [0, 0.1) is 11.8 Å². The van der Waals surface area contributed by atoms with Crippen molar-refractivity contribution in [3.63, 3.8) is 0 Å². The molecule has 3 rings (SSSR count). The van der Waals surface area contributed by atoms with Crippen molar-refractivity contribution in [3.05, 3.63) is 42.2 Å². The van der Waals surface area contributed by atoms with E-state index in [1.165, 1.54) is 6.42 Å². The summed E-state index contributed by atoms with van der Waals surface area (Å²) in [5.74, 6) is 2.17. The third-order valence-corrected chi connectivity index (χ3v) is 4.17. The van der Waals surface area contributed by atoms with E-state index in [-0.39, 0.29) is 5.91 Å². The van der Waals surface area contributed by atoms with E-state index >= 15 is 0 Å². The predicted molar refractivity (Wildman–Crippen MR) is 87.4 cm³/mol. The van der Waals surface area contributed by atoms with Gasteiger partial charge in [0.25, 0.3) is 5.91 Å². The molecule has 1 aliphatic heterocycles. The molecule has 116 valence electrons. The topological polar surface area (TPSA) is 59.5 Å². The molecule has 4 heteroatoms. The van der Waals surface area contributed by atoms with Crippen molar-refractivity contribution in [2.24, 2.45) is 11.8 Å². The molecule has 0 aliphatic carbocycles. The molecule has 22 heavy (non-hydrogen) atoms. The summed E-state index contributed by atoms with van der Waals surface area (Å²) in [6, 6.07) is 11.1. The number of benzene rings is 1. The standard InChI is InChI=1S/C18H22N2O2/c1-12-9-13(2)11-20(10-12)18(21)17-8-7-16(22-17)14-3-5-15(19)6-4-14/h3-8,12-13H,9-11,19H2,1-2H3/t12-,13-/m0/s1. The van der Waals surface area contributed by atoms with E-state index in [2.05, 4.69) is 13.8 Å². The zero-order valence-electron chi connectivity index (χ0n) is 13.1. The van der Waals surface area contributed by atoms with Crippen LogP contribution in [0.25, 0.3) is 11.3 Å². The second-order valence-electron chi connectivity index (χ2n) is 6.44. The van der Waals surface area contributed by atoms with Gasteiger partial charge in [-0.25, -0.2) is 0 Å². The van der Waals surface area contributed by atoms with Crippen molar-refractivity contribution in [2.75, 3.05) is 18.8 Å². The summed E-state index contributed by atoms with van der Waals surface area (Å²) in [7, 11) is 0. The van der Waals surface area contributed by atoms with E-state index in [1.807, 2.05) is 35.2 Å². The molecule has 2 aromatic rings. The zero-order chi connectivity index (χ0) is 15.7. The van der Waals surface area contributed by atoms with E-state index in [1.54, 1.807) is 6.07 Å². The lowest BCUT2D eigenvalue weighted by molar-refractivity contribution is 0.0592. The zero-order valence-corrected chi connectivity index (χ0v) is 13.1. The fourth-order valence-corrected chi connectivity index (χ4v) is 3.24. The van der Waals surface area contributed by atoms with Crippen LogP contribution in [0.3, 0.4) is 0 Å². The third-order valence-electron chi connectivity index (χ3n) is 4.17. The molecule has 2 atom stereocenters. The first kappa shape index (κ1) is 14.7. The molecule has 0 spiro atoms. The lowest BCUT2D eigenvalue weighted by Gasteiger charge is -2.34. The number of carbonyl (C=O) groups is 1. The van der Waals surface area contributed by atoms with E-state index < -0.39 is 0 Å². The quantitative estimate of drug-likeness (QED) is 0.861. The molecule has 1 aromatic carbocycles. The average molecular weight is 298 g/mol. The maximum atomic E-state index is 12.6. The van der Waals surface area contributed by atoms with Gasteiger partial charge in [0.15, 0.2) is 5.76 Å². The Kier molecular flexibility index (Phi) is 3.92. The minimum atomic E-state index is -0.0138. The van der Waals surface area contributed by atoms with Crippen LogP contribution in [0.4, 0.5) is 5.69 Å². The Morgan fingerprint density at radius 3 is 2.36 bits per heavy atom. The molecule has 1 amide bonds. The molecule has 0 radical (unpaired) electrons. The van der Waals surface area contributed by atoms with Crippen LogP contribution in [-0.4, -0.2) is 23.9 Å². The fourth-order valence-electron chi connectivity index (χ4n) is 3.24. The van der Waals surface area contributed by atoms with E-state index in [0.717, 1.165) is 18.7 Å². The van der Waals surface area contributed by atoms with Gasteiger partial charge < -0.3 is 15.1 Å². The Morgan fingerprint density at radius 2 is 1.73 bits per heavy atom. The average Bonchev–Trinajstić information content (AvgIpc) is 2.96. The molecule has 1 fully saturated rings. The van der Waals surface area contributed by atoms with Gasteiger partial charge in [-0.15, -0.1) is 0 Å². The van der Waals surface area contributed by atoms with Crippen molar-refractivity contribution >= 4 is 11.6 Å². The highest BCUT2D eigenvalue weighted by Gasteiger charge is 2.27. The van der Waals surface area contributed by atoms with Crippen molar-refractivity contribution < 1.29 is 9.21 Å². The third kappa shape index (κ3) is 3.01. The highest BCUT2D eigenvalue weighted by Crippen LogP contribution is 2.26. The number of hydrogen-bond donors (Lipinski definition) is 1. The predicted octanol–water partition coefficient (Wildman–Crippen LogP) is 3.65. The van der Waals surface area contributed by atoms with Gasteiger partial charge in [-0.1, -0.05) is 13.8 Å². The minimum Gasteiger partial charge on any atom is -0.451 e. The summed E-state index contributed by atoms with van der Waals surface area (Å²) in [5, 5.41) is 0. The second kappa shape index (κ2) is 5.87. The molecule has 2 heterocycles. The molecule has 4 nitrogen and oxygen atoms in total. The minimum absolute atomic E-state index is 0.0138. The Morgan fingerprint density at radius 1 is 1.09 bits per heavy atom. The highest BCUT2D eigenvalue weighted by atomic mass is 16.4. The van der Waals surface area contributed by atoms with Crippen LogP contribution in [0.15, 0.2) is 40.8 Å². The van der Waals surface area contributed by atoms with Crippen molar-refractivity contribution in [3.8, 4) is 11.3 Å². The number of nitrogen functional groups attached to an aromatic ring is 1. The molecule has 1 saturated heterocycles. The lowest BCUT2D eigenvalue weighted by atomic mass is 9.92. The normalized spacial score (nSPS) is 21.8. The van der Waals surface area contributed by atoms with Gasteiger partial charge in [0.1, 0.15) is 5.76 Å². The Hall–Kier alpha value is -2.23. The Bertz CT molecular complexity index is 650. The summed E-state index contributed by atoms with van der Waals surface area (Å²) in [4.78, 5) is 14.5. The van der Waals surface area contributed by atoms with Gasteiger partial charge in [0.05, 0.1) is 0 Å². The summed E-state index contributed by atoms with van der Waals surface area (Å²) in [6.45, 7) is 6.00. The largest absolute Gasteiger partial charge is 0.451 e. The van der Waals surface area contributed by atoms with Crippen LogP contribution >= 0.6 is 0 Å². The van der Waals surface area contributed by atoms with Crippen LogP contribution in [0.1, 0.15) is 30.8 Å². The van der Waals surface area contributed by atoms with Crippen LogP contribution < -0.4 is 5.73 Å². The van der Waals surface area contributed by atoms with E-state index in [4.69, 9.17) is 10.2 Å². The lowest BCUT2D eigenvalue weighted by Crippen LogP contribution is -2.42. The summed E-state index contributed by atoms with van der Waals surface area (Å²) in [6.07, 6.45) is 1.18. The summed E-state index contributed by atoms with van der Waals surface area (Å²) >= 11 is 0. The number of nitrogens with zero attached hydrogens (tertiary/aromatic N) is 1. The van der Waals surface area contributed by atoms with Gasteiger partial charge >= 0.3 is 0 Å². The molecule has 2 N–H and O–H groups in total. The maximum absolute atomic E-state index is 12.6. The van der Waals surface area contributed by atoms with Crippen molar-refractivity contribution in [2.45, 2.75) is 20.3 Å². The number of piperidine rings is 1. The number of likely N-dealkylation sites (tertiary alicyclic amines) is 1. The maximum Gasteiger partial charge on any atom is 0.289 e.